The summed E-state index contributed by atoms with van der Waals surface area (Å²) >= 11 is 0. The van der Waals surface area contributed by atoms with Crippen LogP contribution >= 0.6 is 0 Å². The third-order valence-corrected chi connectivity index (χ3v) is 3.99. The fourth-order valence-corrected chi connectivity index (χ4v) is 2.33. The van der Waals surface area contributed by atoms with Crippen molar-refractivity contribution in [2.45, 2.75) is 52.5 Å². The third kappa shape index (κ3) is 3.72. The molecule has 0 aliphatic carbocycles. The molecule has 1 rings (SSSR count). The van der Waals surface area contributed by atoms with E-state index in [-0.39, 0.29) is 5.91 Å². The lowest BCUT2D eigenvalue weighted by Gasteiger charge is -2.34. The number of carbonyl (C=O) groups is 1. The first-order chi connectivity index (χ1) is 8.95. The molecule has 106 valence electrons. The summed E-state index contributed by atoms with van der Waals surface area (Å²) in [6, 6.07) is 8.00. The maximum Gasteiger partial charge on any atom is 0.243 e. The van der Waals surface area contributed by atoms with Crippen LogP contribution in [-0.2, 0) is 4.79 Å². The Balaban J connectivity index is 3.04. The van der Waals surface area contributed by atoms with Gasteiger partial charge in [-0.25, -0.2) is 0 Å². The van der Waals surface area contributed by atoms with E-state index in [2.05, 4.69) is 19.2 Å². The number of nitrogens with one attached hydrogen (secondary N) is 1. The lowest BCUT2D eigenvalue weighted by atomic mass is 9.83. The Kier molecular flexibility index (Phi) is 5.40. The van der Waals surface area contributed by atoms with Crippen LogP contribution in [0.4, 0.5) is 5.69 Å². The van der Waals surface area contributed by atoms with Gasteiger partial charge in [0.2, 0.25) is 5.91 Å². The van der Waals surface area contributed by atoms with Crippen LogP contribution in [0.3, 0.4) is 0 Å². The molecule has 2 atom stereocenters. The van der Waals surface area contributed by atoms with Gasteiger partial charge in [-0.15, -0.1) is 0 Å². The number of rotatable bonds is 7. The maximum atomic E-state index is 12.0. The van der Waals surface area contributed by atoms with Gasteiger partial charge in [-0.2, -0.15) is 0 Å². The molecular formula is C16H26N2O. The topological polar surface area (TPSA) is 55.1 Å². The largest absolute Gasteiger partial charge is 0.371 e. The van der Waals surface area contributed by atoms with Crippen molar-refractivity contribution in [2.75, 3.05) is 5.32 Å². The van der Waals surface area contributed by atoms with E-state index in [4.69, 9.17) is 5.73 Å². The summed E-state index contributed by atoms with van der Waals surface area (Å²) in [5.41, 5.74) is 7.15. The number of aryl methyl sites for hydroxylation is 1. The summed E-state index contributed by atoms with van der Waals surface area (Å²) < 4.78 is 0. The first-order valence-electron chi connectivity index (χ1n) is 7.09. The van der Waals surface area contributed by atoms with Crippen LogP contribution in [-0.4, -0.2) is 11.4 Å². The van der Waals surface area contributed by atoms with Gasteiger partial charge in [-0.05, 0) is 37.3 Å². The molecule has 0 saturated carbocycles. The second-order valence-corrected chi connectivity index (χ2v) is 5.46. The van der Waals surface area contributed by atoms with E-state index in [1.54, 1.807) is 0 Å². The highest BCUT2D eigenvalue weighted by Crippen LogP contribution is 2.28. The molecule has 1 aromatic rings. The van der Waals surface area contributed by atoms with Crippen molar-refractivity contribution in [3.63, 3.8) is 0 Å². The van der Waals surface area contributed by atoms with E-state index in [1.165, 1.54) is 0 Å². The number of hydrogen-bond acceptors (Lipinski definition) is 2. The van der Waals surface area contributed by atoms with Crippen molar-refractivity contribution >= 4 is 11.6 Å². The average molecular weight is 262 g/mol. The Hall–Kier alpha value is -1.51. The molecule has 0 radical (unpaired) electrons. The normalized spacial score (nSPS) is 15.6. The van der Waals surface area contributed by atoms with Crippen LogP contribution in [0.5, 0.6) is 0 Å². The Bertz CT molecular complexity index is 431. The van der Waals surface area contributed by atoms with E-state index in [0.717, 1.165) is 24.1 Å². The molecule has 3 nitrogen and oxygen atoms in total. The highest BCUT2D eigenvalue weighted by molar-refractivity contribution is 5.88. The van der Waals surface area contributed by atoms with Crippen molar-refractivity contribution in [2.24, 2.45) is 11.7 Å². The number of amides is 1. The van der Waals surface area contributed by atoms with Crippen molar-refractivity contribution in [1.29, 1.82) is 0 Å². The van der Waals surface area contributed by atoms with Crippen molar-refractivity contribution in [3.8, 4) is 0 Å². The molecule has 3 N–H and O–H groups in total. The number of primary amides is 1. The fourth-order valence-electron chi connectivity index (χ4n) is 2.33. The second-order valence-electron chi connectivity index (χ2n) is 5.46. The van der Waals surface area contributed by atoms with Gasteiger partial charge < -0.3 is 11.1 Å². The lowest BCUT2D eigenvalue weighted by molar-refractivity contribution is -0.123. The molecule has 0 aliphatic rings. The smallest absolute Gasteiger partial charge is 0.243 e. The van der Waals surface area contributed by atoms with Crippen molar-refractivity contribution in [1.82, 2.24) is 0 Å². The van der Waals surface area contributed by atoms with E-state index in [1.807, 2.05) is 38.1 Å². The SMILES string of the molecule is CCC(C)CC(CC)(Nc1ccccc1C)C(N)=O. The summed E-state index contributed by atoms with van der Waals surface area (Å²) in [5, 5.41) is 3.40. The highest BCUT2D eigenvalue weighted by Gasteiger charge is 2.36. The molecule has 19 heavy (non-hydrogen) atoms. The highest BCUT2D eigenvalue weighted by atomic mass is 16.1. The number of carbonyl (C=O) groups excluding carboxylic acids is 1. The summed E-state index contributed by atoms with van der Waals surface area (Å²) in [7, 11) is 0. The number of benzene rings is 1. The predicted molar refractivity (Wildman–Crippen MR) is 81.1 cm³/mol. The van der Waals surface area contributed by atoms with E-state index in [9.17, 15) is 4.79 Å². The van der Waals surface area contributed by atoms with Gasteiger partial charge >= 0.3 is 0 Å². The second kappa shape index (κ2) is 6.60. The Morgan fingerprint density at radius 1 is 1.37 bits per heavy atom. The van der Waals surface area contributed by atoms with Crippen LogP contribution < -0.4 is 11.1 Å². The molecule has 0 aliphatic heterocycles. The van der Waals surface area contributed by atoms with Crippen LogP contribution in [0.2, 0.25) is 0 Å². The van der Waals surface area contributed by atoms with Gasteiger partial charge in [0, 0.05) is 5.69 Å². The molecule has 0 saturated heterocycles. The first kappa shape index (κ1) is 15.5. The minimum atomic E-state index is -0.651. The molecule has 0 spiro atoms. The zero-order valence-electron chi connectivity index (χ0n) is 12.5. The summed E-state index contributed by atoms with van der Waals surface area (Å²) in [4.78, 5) is 12.0. The Morgan fingerprint density at radius 3 is 2.47 bits per heavy atom. The van der Waals surface area contributed by atoms with E-state index in [0.29, 0.717) is 12.3 Å². The van der Waals surface area contributed by atoms with Crippen LogP contribution in [0.25, 0.3) is 0 Å². The van der Waals surface area contributed by atoms with Crippen LogP contribution in [0, 0.1) is 12.8 Å². The lowest BCUT2D eigenvalue weighted by Crippen LogP contribution is -2.51. The molecule has 0 heterocycles. The zero-order chi connectivity index (χ0) is 14.5. The summed E-state index contributed by atoms with van der Waals surface area (Å²) in [6.07, 6.45) is 2.51. The molecular weight excluding hydrogens is 236 g/mol. The fraction of sp³-hybridized carbons (Fsp3) is 0.562. The quantitative estimate of drug-likeness (QED) is 0.790. The van der Waals surface area contributed by atoms with E-state index >= 15 is 0 Å². The summed E-state index contributed by atoms with van der Waals surface area (Å²) in [5.74, 6) is 0.197. The maximum absolute atomic E-state index is 12.0. The van der Waals surface area contributed by atoms with Crippen molar-refractivity contribution < 1.29 is 4.79 Å². The number of hydrogen-bond donors (Lipinski definition) is 2. The Morgan fingerprint density at radius 2 is 2.00 bits per heavy atom. The summed E-state index contributed by atoms with van der Waals surface area (Å²) in [6.45, 7) is 8.35. The minimum Gasteiger partial charge on any atom is -0.371 e. The molecule has 1 aromatic carbocycles. The first-order valence-corrected chi connectivity index (χ1v) is 7.09. The van der Waals surface area contributed by atoms with Crippen LogP contribution in [0.1, 0.15) is 45.6 Å². The zero-order valence-corrected chi connectivity index (χ0v) is 12.5. The average Bonchev–Trinajstić information content (AvgIpc) is 2.39. The van der Waals surface area contributed by atoms with Crippen LogP contribution in [0.15, 0.2) is 24.3 Å². The Labute approximate surface area is 116 Å². The van der Waals surface area contributed by atoms with E-state index < -0.39 is 5.54 Å². The van der Waals surface area contributed by atoms with Gasteiger partial charge in [0.1, 0.15) is 5.54 Å². The standard InChI is InChI=1S/C16H26N2O/c1-5-12(3)11-16(6-2,15(17)19)18-14-10-8-7-9-13(14)4/h7-10,12,18H,5-6,11H2,1-4H3,(H2,17,19). The molecule has 2 unspecified atom stereocenters. The molecule has 0 fully saturated rings. The number of anilines is 1. The third-order valence-electron chi connectivity index (χ3n) is 3.99. The molecule has 0 bridgehead atoms. The van der Waals surface area contributed by atoms with Gasteiger partial charge in [0.05, 0.1) is 0 Å². The molecule has 0 aromatic heterocycles. The number of para-hydroxylation sites is 1. The number of nitrogens with two attached hydrogens (primary N) is 1. The van der Waals surface area contributed by atoms with Gasteiger partial charge in [-0.1, -0.05) is 45.4 Å². The molecule has 1 amide bonds. The van der Waals surface area contributed by atoms with Crippen molar-refractivity contribution in [3.05, 3.63) is 29.8 Å². The van der Waals surface area contributed by atoms with Gasteiger partial charge in [0.25, 0.3) is 0 Å². The monoisotopic (exact) mass is 262 g/mol. The predicted octanol–water partition coefficient (Wildman–Crippen LogP) is 3.48. The minimum absolute atomic E-state index is 0.265. The van der Waals surface area contributed by atoms with Gasteiger partial charge in [0.15, 0.2) is 0 Å². The molecule has 3 heteroatoms. The van der Waals surface area contributed by atoms with Gasteiger partial charge in [-0.3, -0.25) is 4.79 Å².